The minimum absolute atomic E-state index is 0.173. The maximum absolute atomic E-state index is 6.30. The Hall–Kier alpha value is -1.52. The van der Waals surface area contributed by atoms with E-state index in [1.165, 1.54) is 0 Å². The van der Waals surface area contributed by atoms with Crippen molar-refractivity contribution in [3.05, 3.63) is 46.6 Å². The molecule has 1 N–H and O–H groups in total. The van der Waals surface area contributed by atoms with Gasteiger partial charge in [-0.15, -0.1) is 0 Å². The summed E-state index contributed by atoms with van der Waals surface area (Å²) < 4.78 is 11.8. The van der Waals surface area contributed by atoms with Gasteiger partial charge >= 0.3 is 0 Å². The summed E-state index contributed by atoms with van der Waals surface area (Å²) in [7, 11) is 0. The normalized spacial score (nSPS) is 19.7. The number of hydrogen-bond acceptors (Lipinski definition) is 4. The zero-order chi connectivity index (χ0) is 14.8. The summed E-state index contributed by atoms with van der Waals surface area (Å²) in [6.07, 6.45) is 4.14. The van der Waals surface area contributed by atoms with Crippen LogP contribution in [0, 0.1) is 19.8 Å². The van der Waals surface area contributed by atoms with Crippen LogP contribution in [0.2, 0.25) is 5.02 Å². The molecular formula is C16H19ClN2O2. The van der Waals surface area contributed by atoms with Crippen LogP contribution < -0.4 is 10.1 Å². The van der Waals surface area contributed by atoms with E-state index >= 15 is 0 Å². The highest BCUT2D eigenvalue weighted by molar-refractivity contribution is 6.30. The van der Waals surface area contributed by atoms with Gasteiger partial charge in [-0.1, -0.05) is 11.6 Å². The van der Waals surface area contributed by atoms with Gasteiger partial charge in [-0.2, -0.15) is 0 Å². The second-order valence-electron chi connectivity index (χ2n) is 5.53. The van der Waals surface area contributed by atoms with Crippen LogP contribution in [0.4, 0.5) is 0 Å². The number of nitrogens with zero attached hydrogens (tertiary/aromatic N) is 1. The van der Waals surface area contributed by atoms with Crippen molar-refractivity contribution >= 4 is 11.6 Å². The van der Waals surface area contributed by atoms with Gasteiger partial charge in [-0.05, 0) is 50.1 Å². The smallest absolute Gasteiger partial charge is 0.235 e. The Morgan fingerprint density at radius 1 is 1.38 bits per heavy atom. The number of oxazole rings is 1. The van der Waals surface area contributed by atoms with E-state index in [0.717, 1.165) is 41.4 Å². The molecule has 0 bridgehead atoms. The van der Waals surface area contributed by atoms with Gasteiger partial charge < -0.3 is 14.5 Å². The first-order chi connectivity index (χ1) is 10.1. The number of nitrogens with one attached hydrogen (secondary N) is 1. The van der Waals surface area contributed by atoms with E-state index in [1.54, 1.807) is 12.5 Å². The molecule has 21 heavy (non-hydrogen) atoms. The lowest BCUT2D eigenvalue weighted by Crippen LogP contribution is -2.22. The fourth-order valence-electron chi connectivity index (χ4n) is 2.87. The van der Waals surface area contributed by atoms with Crippen molar-refractivity contribution in [1.29, 1.82) is 0 Å². The molecule has 2 atom stereocenters. The highest BCUT2D eigenvalue weighted by Crippen LogP contribution is 2.35. The molecule has 112 valence electrons. The quantitative estimate of drug-likeness (QED) is 0.936. The monoisotopic (exact) mass is 306 g/mol. The summed E-state index contributed by atoms with van der Waals surface area (Å²) >= 11 is 6.09. The van der Waals surface area contributed by atoms with Gasteiger partial charge in [0.1, 0.15) is 12.0 Å². The van der Waals surface area contributed by atoms with Crippen LogP contribution in [0.1, 0.15) is 29.5 Å². The zero-order valence-electron chi connectivity index (χ0n) is 12.2. The van der Waals surface area contributed by atoms with Crippen LogP contribution in [0.3, 0.4) is 0 Å². The Kier molecular flexibility index (Phi) is 4.17. The second-order valence-corrected chi connectivity index (χ2v) is 5.97. The number of aromatic nitrogens is 1. The molecule has 0 spiro atoms. The van der Waals surface area contributed by atoms with Crippen molar-refractivity contribution in [1.82, 2.24) is 10.3 Å². The molecule has 0 radical (unpaired) electrons. The molecule has 0 aliphatic carbocycles. The number of benzene rings is 1. The lowest BCUT2D eigenvalue weighted by molar-refractivity contribution is 0.112. The Morgan fingerprint density at radius 2 is 2.14 bits per heavy atom. The van der Waals surface area contributed by atoms with Crippen molar-refractivity contribution < 1.29 is 9.15 Å². The number of hydrogen-bond donors (Lipinski definition) is 1. The predicted molar refractivity (Wildman–Crippen MR) is 81.8 cm³/mol. The molecule has 1 aliphatic heterocycles. The second kappa shape index (κ2) is 6.08. The van der Waals surface area contributed by atoms with Crippen molar-refractivity contribution in [2.24, 2.45) is 5.92 Å². The highest BCUT2D eigenvalue weighted by atomic mass is 35.5. The predicted octanol–water partition coefficient (Wildman–Crippen LogP) is 3.67. The van der Waals surface area contributed by atoms with E-state index in [9.17, 15) is 0 Å². The SMILES string of the molecule is Cc1cc(Cl)cc(C)c1OC(c1ncco1)C1CCNC1. The first-order valence-corrected chi connectivity index (χ1v) is 7.56. The van der Waals surface area contributed by atoms with Crippen molar-refractivity contribution in [3.8, 4) is 5.75 Å². The van der Waals surface area contributed by atoms with E-state index in [0.29, 0.717) is 11.8 Å². The summed E-state index contributed by atoms with van der Waals surface area (Å²) in [5.74, 6) is 1.87. The van der Waals surface area contributed by atoms with Crippen LogP contribution >= 0.6 is 11.6 Å². The molecule has 1 saturated heterocycles. The van der Waals surface area contributed by atoms with Gasteiger partial charge in [0.05, 0.1) is 6.20 Å². The zero-order valence-corrected chi connectivity index (χ0v) is 13.0. The van der Waals surface area contributed by atoms with E-state index < -0.39 is 0 Å². The fraction of sp³-hybridized carbons (Fsp3) is 0.438. The van der Waals surface area contributed by atoms with Gasteiger partial charge in [0, 0.05) is 17.5 Å². The lowest BCUT2D eigenvalue weighted by Gasteiger charge is -2.23. The van der Waals surface area contributed by atoms with Crippen LogP contribution in [-0.2, 0) is 0 Å². The van der Waals surface area contributed by atoms with Crippen LogP contribution in [0.5, 0.6) is 5.75 Å². The number of aryl methyl sites for hydroxylation is 2. The molecule has 1 aliphatic rings. The standard InChI is InChI=1S/C16H19ClN2O2/c1-10-7-13(17)8-11(2)14(10)21-15(12-3-4-18-9-12)16-19-5-6-20-16/h5-8,12,15,18H,3-4,9H2,1-2H3. The number of ether oxygens (including phenoxy) is 1. The average Bonchev–Trinajstić information content (AvgIpc) is 3.11. The number of rotatable bonds is 4. The van der Waals surface area contributed by atoms with Crippen LogP contribution in [-0.4, -0.2) is 18.1 Å². The average molecular weight is 307 g/mol. The Balaban J connectivity index is 1.91. The molecule has 3 rings (SSSR count). The van der Waals surface area contributed by atoms with Crippen LogP contribution in [0.25, 0.3) is 0 Å². The van der Waals surface area contributed by atoms with E-state index in [-0.39, 0.29) is 6.10 Å². The minimum atomic E-state index is -0.173. The molecule has 0 saturated carbocycles. The molecule has 2 heterocycles. The molecule has 1 aromatic heterocycles. The Morgan fingerprint density at radius 3 is 2.71 bits per heavy atom. The fourth-order valence-corrected chi connectivity index (χ4v) is 3.20. The van der Waals surface area contributed by atoms with E-state index in [2.05, 4.69) is 10.3 Å². The van der Waals surface area contributed by atoms with Gasteiger partial charge in [0.25, 0.3) is 0 Å². The molecule has 4 nitrogen and oxygen atoms in total. The lowest BCUT2D eigenvalue weighted by atomic mass is 10.0. The number of halogens is 1. The van der Waals surface area contributed by atoms with E-state index in [1.807, 2.05) is 26.0 Å². The van der Waals surface area contributed by atoms with Gasteiger partial charge in [0.15, 0.2) is 6.10 Å². The van der Waals surface area contributed by atoms with Crippen LogP contribution in [0.15, 0.2) is 29.0 Å². The summed E-state index contributed by atoms with van der Waals surface area (Å²) in [6, 6.07) is 3.84. The first-order valence-electron chi connectivity index (χ1n) is 7.18. The van der Waals surface area contributed by atoms with Crippen molar-refractivity contribution in [2.75, 3.05) is 13.1 Å². The molecule has 1 fully saturated rings. The Labute approximate surface area is 129 Å². The van der Waals surface area contributed by atoms with Gasteiger partial charge in [-0.3, -0.25) is 0 Å². The third-order valence-corrected chi connectivity index (χ3v) is 4.11. The highest BCUT2D eigenvalue weighted by Gasteiger charge is 2.32. The van der Waals surface area contributed by atoms with Crippen molar-refractivity contribution in [3.63, 3.8) is 0 Å². The maximum Gasteiger partial charge on any atom is 0.235 e. The Bertz CT molecular complexity index is 584. The molecule has 0 amide bonds. The first kappa shape index (κ1) is 14.4. The maximum atomic E-state index is 6.30. The van der Waals surface area contributed by atoms with Gasteiger partial charge in [0.2, 0.25) is 5.89 Å². The van der Waals surface area contributed by atoms with Gasteiger partial charge in [-0.25, -0.2) is 4.98 Å². The molecule has 2 unspecified atom stereocenters. The third kappa shape index (κ3) is 3.06. The summed E-state index contributed by atoms with van der Waals surface area (Å²) in [5, 5.41) is 4.10. The molecule has 1 aromatic carbocycles. The largest absolute Gasteiger partial charge is 0.480 e. The third-order valence-electron chi connectivity index (χ3n) is 3.89. The minimum Gasteiger partial charge on any atom is -0.480 e. The molecule has 5 heteroatoms. The topological polar surface area (TPSA) is 47.3 Å². The summed E-state index contributed by atoms with van der Waals surface area (Å²) in [6.45, 7) is 5.93. The summed E-state index contributed by atoms with van der Waals surface area (Å²) in [5.41, 5.74) is 2.06. The molecule has 2 aromatic rings. The van der Waals surface area contributed by atoms with E-state index in [4.69, 9.17) is 20.8 Å². The van der Waals surface area contributed by atoms with Crippen molar-refractivity contribution in [2.45, 2.75) is 26.4 Å². The molecular weight excluding hydrogens is 288 g/mol. The summed E-state index contributed by atoms with van der Waals surface area (Å²) in [4.78, 5) is 4.29.